The van der Waals surface area contributed by atoms with Crippen LogP contribution in [0.3, 0.4) is 0 Å². The zero-order chi connectivity index (χ0) is 18.3. The van der Waals surface area contributed by atoms with Crippen LogP contribution in [0.25, 0.3) is 11.0 Å². The van der Waals surface area contributed by atoms with Gasteiger partial charge in [0.1, 0.15) is 11.4 Å². The van der Waals surface area contributed by atoms with Gasteiger partial charge in [-0.3, -0.25) is 9.59 Å². The fraction of sp³-hybridized carbons (Fsp3) is 0.500. The van der Waals surface area contributed by atoms with Gasteiger partial charge >= 0.3 is 0 Å². The Morgan fingerprint density at radius 1 is 1.31 bits per heavy atom. The van der Waals surface area contributed by atoms with Crippen LogP contribution in [0.2, 0.25) is 0 Å². The molecular formula is C20H23FN2O3. The van der Waals surface area contributed by atoms with Crippen molar-refractivity contribution < 1.29 is 18.4 Å². The lowest BCUT2D eigenvalue weighted by Crippen LogP contribution is -2.36. The summed E-state index contributed by atoms with van der Waals surface area (Å²) in [4.78, 5) is 28.6. The van der Waals surface area contributed by atoms with Crippen LogP contribution in [-0.4, -0.2) is 47.8 Å². The second kappa shape index (κ2) is 6.74. The highest BCUT2D eigenvalue weighted by molar-refractivity contribution is 5.96. The van der Waals surface area contributed by atoms with Gasteiger partial charge in [-0.25, -0.2) is 4.39 Å². The third kappa shape index (κ3) is 3.20. The summed E-state index contributed by atoms with van der Waals surface area (Å²) in [6.07, 6.45) is 5.10. The summed E-state index contributed by atoms with van der Waals surface area (Å²) in [7, 11) is 1.72. The Kier molecular flexibility index (Phi) is 4.42. The molecule has 26 heavy (non-hydrogen) atoms. The van der Waals surface area contributed by atoms with Crippen molar-refractivity contribution in [2.75, 3.05) is 20.1 Å². The Morgan fingerprint density at radius 3 is 2.85 bits per heavy atom. The van der Waals surface area contributed by atoms with Crippen molar-refractivity contribution in [2.45, 2.75) is 38.1 Å². The minimum absolute atomic E-state index is 0.152. The fourth-order valence-corrected chi connectivity index (χ4v) is 4.28. The summed E-state index contributed by atoms with van der Waals surface area (Å²) in [6, 6.07) is 6.15. The highest BCUT2D eigenvalue weighted by Crippen LogP contribution is 2.30. The molecule has 5 nitrogen and oxygen atoms in total. The van der Waals surface area contributed by atoms with E-state index in [0.717, 1.165) is 19.4 Å². The predicted octanol–water partition coefficient (Wildman–Crippen LogP) is 3.44. The molecule has 6 heteroatoms. The molecule has 2 fully saturated rings. The monoisotopic (exact) mass is 358 g/mol. The molecule has 2 amide bonds. The van der Waals surface area contributed by atoms with Crippen molar-refractivity contribution in [1.82, 2.24) is 9.80 Å². The first-order valence-electron chi connectivity index (χ1n) is 9.25. The smallest absolute Gasteiger partial charge is 0.289 e. The highest BCUT2D eigenvalue weighted by atomic mass is 19.1. The average molecular weight is 358 g/mol. The molecule has 2 heterocycles. The summed E-state index contributed by atoms with van der Waals surface area (Å²) in [5.74, 6) is -0.0404. The zero-order valence-corrected chi connectivity index (χ0v) is 14.9. The van der Waals surface area contributed by atoms with E-state index >= 15 is 0 Å². The molecule has 1 saturated carbocycles. The van der Waals surface area contributed by atoms with E-state index < -0.39 is 0 Å². The molecule has 1 aromatic heterocycles. The summed E-state index contributed by atoms with van der Waals surface area (Å²) in [5, 5.41) is 0.574. The van der Waals surface area contributed by atoms with Gasteiger partial charge in [0.25, 0.3) is 5.91 Å². The Balaban J connectivity index is 1.41. The molecule has 1 atom stereocenters. The highest BCUT2D eigenvalue weighted by Gasteiger charge is 2.36. The van der Waals surface area contributed by atoms with Crippen molar-refractivity contribution in [3.8, 4) is 0 Å². The average Bonchev–Trinajstić information content (AvgIpc) is 3.33. The first-order valence-corrected chi connectivity index (χ1v) is 9.25. The van der Waals surface area contributed by atoms with Crippen LogP contribution < -0.4 is 0 Å². The van der Waals surface area contributed by atoms with Crippen LogP contribution in [0.4, 0.5) is 4.39 Å². The molecule has 1 aliphatic heterocycles. The predicted molar refractivity (Wildman–Crippen MR) is 95.2 cm³/mol. The maximum atomic E-state index is 13.3. The van der Waals surface area contributed by atoms with Crippen LogP contribution in [0.5, 0.6) is 0 Å². The Labute approximate surface area is 151 Å². The number of carbonyl (C=O) groups is 2. The Bertz CT molecular complexity index is 841. The van der Waals surface area contributed by atoms with Crippen LogP contribution in [0, 0.1) is 11.7 Å². The first kappa shape index (κ1) is 17.1. The van der Waals surface area contributed by atoms with E-state index in [4.69, 9.17) is 4.42 Å². The molecule has 2 aromatic rings. The van der Waals surface area contributed by atoms with Crippen molar-refractivity contribution >= 4 is 22.8 Å². The summed E-state index contributed by atoms with van der Waals surface area (Å²) >= 11 is 0. The Morgan fingerprint density at radius 2 is 2.08 bits per heavy atom. The number of carbonyl (C=O) groups excluding carboxylic acids is 2. The molecule has 1 saturated heterocycles. The van der Waals surface area contributed by atoms with Crippen molar-refractivity contribution in [3.05, 3.63) is 35.8 Å². The standard InChI is InChI=1S/C20H23FN2O3/c1-22(11-13-8-19(24)23(12-13)16-4-2-3-5-16)20(25)18-10-14-9-15(21)6-7-17(14)26-18/h6-7,9-10,13,16H,2-5,8,11-12H2,1H3/t13-/m1/s1. The SMILES string of the molecule is CN(C[C@H]1CC(=O)N(C2CCCC2)C1)C(=O)c1cc2cc(F)ccc2o1. The van der Waals surface area contributed by atoms with E-state index in [1.54, 1.807) is 18.0 Å². The van der Waals surface area contributed by atoms with Gasteiger partial charge in [-0.15, -0.1) is 0 Å². The number of rotatable bonds is 4. The van der Waals surface area contributed by atoms with Crippen LogP contribution in [-0.2, 0) is 4.79 Å². The minimum atomic E-state index is -0.359. The molecule has 2 aliphatic rings. The van der Waals surface area contributed by atoms with Crippen molar-refractivity contribution in [3.63, 3.8) is 0 Å². The first-order chi connectivity index (χ1) is 12.5. The van der Waals surface area contributed by atoms with Gasteiger partial charge in [-0.1, -0.05) is 12.8 Å². The number of halogens is 1. The van der Waals surface area contributed by atoms with E-state index in [1.165, 1.54) is 31.0 Å². The van der Waals surface area contributed by atoms with Crippen LogP contribution >= 0.6 is 0 Å². The minimum Gasteiger partial charge on any atom is -0.451 e. The largest absolute Gasteiger partial charge is 0.451 e. The molecule has 138 valence electrons. The van der Waals surface area contributed by atoms with E-state index in [1.807, 2.05) is 4.90 Å². The maximum Gasteiger partial charge on any atom is 0.289 e. The van der Waals surface area contributed by atoms with Gasteiger partial charge in [-0.05, 0) is 37.1 Å². The molecule has 0 unspecified atom stereocenters. The number of amides is 2. The van der Waals surface area contributed by atoms with E-state index in [-0.39, 0.29) is 29.3 Å². The molecule has 0 bridgehead atoms. The molecule has 0 N–H and O–H groups in total. The second-order valence-corrected chi connectivity index (χ2v) is 7.53. The Hall–Kier alpha value is -2.37. The van der Waals surface area contributed by atoms with Gasteiger partial charge in [0.15, 0.2) is 5.76 Å². The third-order valence-electron chi connectivity index (χ3n) is 5.57. The molecular weight excluding hydrogens is 335 g/mol. The lowest BCUT2D eigenvalue weighted by Gasteiger charge is -2.25. The molecule has 1 aliphatic carbocycles. The second-order valence-electron chi connectivity index (χ2n) is 7.53. The maximum absolute atomic E-state index is 13.3. The number of hydrogen-bond acceptors (Lipinski definition) is 3. The van der Waals surface area contributed by atoms with Gasteiger partial charge in [-0.2, -0.15) is 0 Å². The van der Waals surface area contributed by atoms with Gasteiger partial charge < -0.3 is 14.2 Å². The fourth-order valence-electron chi connectivity index (χ4n) is 4.28. The quantitative estimate of drug-likeness (QED) is 0.841. The molecule has 4 rings (SSSR count). The van der Waals surface area contributed by atoms with Gasteiger partial charge in [0.05, 0.1) is 0 Å². The van der Waals surface area contributed by atoms with E-state index in [0.29, 0.717) is 30.0 Å². The van der Waals surface area contributed by atoms with Crippen molar-refractivity contribution in [2.24, 2.45) is 5.92 Å². The van der Waals surface area contributed by atoms with E-state index in [9.17, 15) is 14.0 Å². The molecule has 0 radical (unpaired) electrons. The molecule has 1 aromatic carbocycles. The number of benzene rings is 1. The number of likely N-dealkylation sites (tertiary alicyclic amines) is 1. The van der Waals surface area contributed by atoms with E-state index in [2.05, 4.69) is 0 Å². The summed E-state index contributed by atoms with van der Waals surface area (Å²) in [5.41, 5.74) is 0.492. The lowest BCUT2D eigenvalue weighted by atomic mass is 10.1. The van der Waals surface area contributed by atoms with Crippen LogP contribution in [0.15, 0.2) is 28.7 Å². The van der Waals surface area contributed by atoms with Crippen molar-refractivity contribution in [1.29, 1.82) is 0 Å². The normalized spacial score (nSPS) is 21.1. The third-order valence-corrected chi connectivity index (χ3v) is 5.57. The zero-order valence-electron chi connectivity index (χ0n) is 14.9. The number of fused-ring (bicyclic) bond motifs is 1. The summed E-state index contributed by atoms with van der Waals surface area (Å²) in [6.45, 7) is 1.24. The number of hydrogen-bond donors (Lipinski definition) is 0. The lowest BCUT2D eigenvalue weighted by molar-refractivity contribution is -0.129. The van der Waals surface area contributed by atoms with Crippen LogP contribution in [0.1, 0.15) is 42.7 Å². The summed E-state index contributed by atoms with van der Waals surface area (Å²) < 4.78 is 18.9. The van der Waals surface area contributed by atoms with Gasteiger partial charge in [0.2, 0.25) is 5.91 Å². The van der Waals surface area contributed by atoms with Gasteiger partial charge in [0, 0.05) is 43.9 Å². The molecule has 0 spiro atoms. The number of nitrogens with zero attached hydrogens (tertiary/aromatic N) is 2. The number of furan rings is 1. The topological polar surface area (TPSA) is 53.8 Å².